The van der Waals surface area contributed by atoms with Crippen LogP contribution in [0.4, 0.5) is 5.69 Å². The molecule has 0 aliphatic carbocycles. The molecular formula is C14H21N3. The van der Waals surface area contributed by atoms with Crippen LogP contribution in [0.2, 0.25) is 0 Å². The Morgan fingerprint density at radius 2 is 2.00 bits per heavy atom. The molecule has 2 saturated heterocycles. The Labute approximate surface area is 103 Å². The van der Waals surface area contributed by atoms with E-state index in [2.05, 4.69) is 21.3 Å². The van der Waals surface area contributed by atoms with E-state index in [9.17, 15) is 0 Å². The van der Waals surface area contributed by atoms with Crippen molar-refractivity contribution in [2.75, 3.05) is 24.5 Å². The Morgan fingerprint density at radius 1 is 1.12 bits per heavy atom. The van der Waals surface area contributed by atoms with E-state index >= 15 is 0 Å². The highest BCUT2D eigenvalue weighted by atomic mass is 15.1. The normalized spacial score (nSPS) is 25.2. The molecule has 2 aliphatic rings. The molecule has 0 amide bonds. The van der Waals surface area contributed by atoms with Crippen LogP contribution in [0.5, 0.6) is 0 Å². The third-order valence-corrected chi connectivity index (χ3v) is 3.93. The van der Waals surface area contributed by atoms with E-state index in [-0.39, 0.29) is 0 Å². The number of rotatable bonds is 2. The third-order valence-electron chi connectivity index (χ3n) is 3.93. The summed E-state index contributed by atoms with van der Waals surface area (Å²) in [5.41, 5.74) is 2.68. The molecule has 3 nitrogen and oxygen atoms in total. The van der Waals surface area contributed by atoms with Gasteiger partial charge in [-0.15, -0.1) is 0 Å². The number of nitrogens with one attached hydrogen (secondary N) is 1. The maximum atomic E-state index is 4.42. The zero-order valence-corrected chi connectivity index (χ0v) is 10.4. The highest BCUT2D eigenvalue weighted by Gasteiger charge is 2.17. The van der Waals surface area contributed by atoms with E-state index in [0.29, 0.717) is 6.04 Å². The van der Waals surface area contributed by atoms with Crippen LogP contribution in [0.3, 0.4) is 0 Å². The van der Waals surface area contributed by atoms with Crippen molar-refractivity contribution < 1.29 is 0 Å². The Morgan fingerprint density at radius 3 is 2.76 bits per heavy atom. The van der Waals surface area contributed by atoms with Crippen molar-refractivity contribution in [2.45, 2.75) is 38.1 Å². The van der Waals surface area contributed by atoms with E-state index in [1.807, 2.05) is 12.4 Å². The monoisotopic (exact) mass is 231 g/mol. The average molecular weight is 231 g/mol. The van der Waals surface area contributed by atoms with Crippen molar-refractivity contribution in [3.05, 3.63) is 24.0 Å². The summed E-state index contributed by atoms with van der Waals surface area (Å²) >= 11 is 0. The second-order valence-corrected chi connectivity index (χ2v) is 5.17. The lowest BCUT2D eigenvalue weighted by molar-refractivity contribution is 0.411. The molecule has 1 unspecified atom stereocenters. The van der Waals surface area contributed by atoms with E-state index in [4.69, 9.17) is 0 Å². The van der Waals surface area contributed by atoms with Gasteiger partial charge in [0.05, 0.1) is 11.9 Å². The Hall–Kier alpha value is -1.09. The van der Waals surface area contributed by atoms with Crippen LogP contribution in [-0.4, -0.2) is 24.6 Å². The van der Waals surface area contributed by atoms with Gasteiger partial charge in [-0.2, -0.15) is 0 Å². The topological polar surface area (TPSA) is 28.2 Å². The van der Waals surface area contributed by atoms with E-state index in [1.165, 1.54) is 56.4 Å². The molecule has 3 heteroatoms. The van der Waals surface area contributed by atoms with Gasteiger partial charge in [0.25, 0.3) is 0 Å². The molecule has 0 spiro atoms. The molecule has 0 saturated carbocycles. The molecule has 1 aromatic rings. The summed E-state index contributed by atoms with van der Waals surface area (Å²) in [5.74, 6) is 0. The number of pyridine rings is 1. The first kappa shape index (κ1) is 11.0. The van der Waals surface area contributed by atoms with Gasteiger partial charge < -0.3 is 10.2 Å². The van der Waals surface area contributed by atoms with Gasteiger partial charge in [0.15, 0.2) is 0 Å². The summed E-state index contributed by atoms with van der Waals surface area (Å²) in [4.78, 5) is 6.88. The van der Waals surface area contributed by atoms with Crippen molar-refractivity contribution in [3.63, 3.8) is 0 Å². The van der Waals surface area contributed by atoms with Crippen LogP contribution in [0.1, 0.15) is 43.7 Å². The summed E-state index contributed by atoms with van der Waals surface area (Å²) in [5, 5.41) is 3.59. The van der Waals surface area contributed by atoms with Crippen molar-refractivity contribution in [1.82, 2.24) is 10.3 Å². The summed E-state index contributed by atoms with van der Waals surface area (Å²) in [6.45, 7) is 3.55. The SMILES string of the molecule is c1ncc(N2CCCC2)cc1C1CCCCN1. The van der Waals surface area contributed by atoms with Crippen LogP contribution in [0, 0.1) is 0 Å². The minimum absolute atomic E-state index is 0.527. The van der Waals surface area contributed by atoms with Gasteiger partial charge in [0.2, 0.25) is 0 Å². The molecule has 1 aromatic heterocycles. The molecule has 3 heterocycles. The highest BCUT2D eigenvalue weighted by molar-refractivity contribution is 5.47. The first-order valence-electron chi connectivity index (χ1n) is 6.87. The van der Waals surface area contributed by atoms with Crippen molar-refractivity contribution in [3.8, 4) is 0 Å². The van der Waals surface area contributed by atoms with Gasteiger partial charge >= 0.3 is 0 Å². The number of nitrogens with zero attached hydrogens (tertiary/aromatic N) is 2. The summed E-state index contributed by atoms with van der Waals surface area (Å²) in [6.07, 6.45) is 10.6. The number of hydrogen-bond donors (Lipinski definition) is 1. The smallest absolute Gasteiger partial charge is 0.0556 e. The number of hydrogen-bond acceptors (Lipinski definition) is 3. The number of aromatic nitrogens is 1. The lowest BCUT2D eigenvalue weighted by Crippen LogP contribution is -2.27. The van der Waals surface area contributed by atoms with E-state index in [0.717, 1.165) is 6.54 Å². The zero-order chi connectivity index (χ0) is 11.5. The fourth-order valence-electron chi connectivity index (χ4n) is 2.92. The molecule has 0 aromatic carbocycles. The Kier molecular flexibility index (Phi) is 3.27. The molecule has 17 heavy (non-hydrogen) atoms. The highest BCUT2D eigenvalue weighted by Crippen LogP contribution is 2.26. The van der Waals surface area contributed by atoms with Gasteiger partial charge in [-0.3, -0.25) is 4.98 Å². The van der Waals surface area contributed by atoms with Gasteiger partial charge in [-0.05, 0) is 43.9 Å². The molecule has 1 atom stereocenters. The van der Waals surface area contributed by atoms with Crippen molar-refractivity contribution in [1.29, 1.82) is 0 Å². The largest absolute Gasteiger partial charge is 0.370 e. The molecule has 2 fully saturated rings. The van der Waals surface area contributed by atoms with Crippen LogP contribution >= 0.6 is 0 Å². The lowest BCUT2D eigenvalue weighted by Gasteiger charge is -2.25. The maximum Gasteiger partial charge on any atom is 0.0556 e. The molecule has 2 aliphatic heterocycles. The molecule has 0 bridgehead atoms. The molecule has 3 rings (SSSR count). The van der Waals surface area contributed by atoms with Gasteiger partial charge in [0, 0.05) is 25.3 Å². The van der Waals surface area contributed by atoms with Gasteiger partial charge in [-0.1, -0.05) is 6.42 Å². The van der Waals surface area contributed by atoms with Gasteiger partial charge in [-0.25, -0.2) is 0 Å². The average Bonchev–Trinajstić information content (AvgIpc) is 2.94. The second kappa shape index (κ2) is 5.05. The fraction of sp³-hybridized carbons (Fsp3) is 0.643. The first-order chi connectivity index (χ1) is 8.43. The quantitative estimate of drug-likeness (QED) is 0.847. The standard InChI is InChI=1S/C14H21N3/c1-2-6-16-14(5-1)12-9-13(11-15-10-12)17-7-3-4-8-17/h9-11,14,16H,1-8H2. The predicted molar refractivity (Wildman–Crippen MR) is 70.3 cm³/mol. The number of anilines is 1. The Bertz CT molecular complexity index is 365. The zero-order valence-electron chi connectivity index (χ0n) is 10.4. The van der Waals surface area contributed by atoms with Crippen LogP contribution in [-0.2, 0) is 0 Å². The molecule has 0 radical (unpaired) electrons. The van der Waals surface area contributed by atoms with E-state index in [1.54, 1.807) is 0 Å². The van der Waals surface area contributed by atoms with Crippen LogP contribution in [0.15, 0.2) is 18.5 Å². The summed E-state index contributed by atoms with van der Waals surface area (Å²) < 4.78 is 0. The molecular weight excluding hydrogens is 210 g/mol. The lowest BCUT2D eigenvalue weighted by atomic mass is 9.99. The summed E-state index contributed by atoms with van der Waals surface area (Å²) in [6, 6.07) is 2.86. The fourth-order valence-corrected chi connectivity index (χ4v) is 2.92. The second-order valence-electron chi connectivity index (χ2n) is 5.17. The molecule has 92 valence electrons. The van der Waals surface area contributed by atoms with E-state index < -0.39 is 0 Å². The van der Waals surface area contributed by atoms with Crippen LogP contribution < -0.4 is 10.2 Å². The summed E-state index contributed by atoms with van der Waals surface area (Å²) in [7, 11) is 0. The van der Waals surface area contributed by atoms with Crippen molar-refractivity contribution in [2.24, 2.45) is 0 Å². The Balaban J connectivity index is 1.77. The van der Waals surface area contributed by atoms with Crippen molar-refractivity contribution >= 4 is 5.69 Å². The number of piperidine rings is 1. The predicted octanol–water partition coefficient (Wildman–Crippen LogP) is 2.50. The minimum atomic E-state index is 0.527. The van der Waals surface area contributed by atoms with Crippen LogP contribution in [0.25, 0.3) is 0 Å². The third kappa shape index (κ3) is 2.44. The minimum Gasteiger partial charge on any atom is -0.370 e. The maximum absolute atomic E-state index is 4.42. The first-order valence-corrected chi connectivity index (χ1v) is 6.87. The van der Waals surface area contributed by atoms with Gasteiger partial charge in [0.1, 0.15) is 0 Å². The molecule has 1 N–H and O–H groups in total.